The molecular formula is C26H28BrN5O. The first-order chi connectivity index (χ1) is 15.9. The molecule has 0 aliphatic heterocycles. The van der Waals surface area contributed by atoms with Gasteiger partial charge in [-0.05, 0) is 53.4 Å². The molecule has 2 aromatic carbocycles. The SMILES string of the molecule is C=C(c1c(C)cccc1O)N(C)CCCNc1cc(-c2ccccc2C)nc2c(Br)cnn12. The lowest BCUT2D eigenvalue weighted by molar-refractivity contribution is 0.452. The molecule has 33 heavy (non-hydrogen) atoms. The number of benzene rings is 2. The number of phenols is 1. The van der Waals surface area contributed by atoms with E-state index in [9.17, 15) is 5.11 Å². The number of hydrogen-bond donors (Lipinski definition) is 2. The van der Waals surface area contributed by atoms with Gasteiger partial charge in [0.15, 0.2) is 5.65 Å². The molecule has 0 bridgehead atoms. The molecule has 0 amide bonds. The molecule has 170 valence electrons. The summed E-state index contributed by atoms with van der Waals surface area (Å²) in [4.78, 5) is 6.90. The van der Waals surface area contributed by atoms with Gasteiger partial charge >= 0.3 is 0 Å². The second-order valence-corrected chi connectivity index (χ2v) is 9.04. The average molecular weight is 506 g/mol. The van der Waals surface area contributed by atoms with Crippen molar-refractivity contribution in [3.05, 3.63) is 82.5 Å². The zero-order chi connectivity index (χ0) is 23.5. The Kier molecular flexibility index (Phi) is 6.70. The fourth-order valence-corrected chi connectivity index (χ4v) is 4.29. The molecular weight excluding hydrogens is 478 g/mol. The summed E-state index contributed by atoms with van der Waals surface area (Å²) in [6.45, 7) is 9.82. The van der Waals surface area contributed by atoms with E-state index in [1.54, 1.807) is 12.3 Å². The van der Waals surface area contributed by atoms with Crippen LogP contribution in [0.3, 0.4) is 0 Å². The van der Waals surface area contributed by atoms with Crippen molar-refractivity contribution < 1.29 is 5.11 Å². The van der Waals surface area contributed by atoms with Gasteiger partial charge in [0.2, 0.25) is 0 Å². The Balaban J connectivity index is 1.47. The van der Waals surface area contributed by atoms with E-state index in [0.29, 0.717) is 0 Å². The van der Waals surface area contributed by atoms with Crippen molar-refractivity contribution in [3.8, 4) is 17.0 Å². The highest BCUT2D eigenvalue weighted by Gasteiger charge is 2.14. The quantitative estimate of drug-likeness (QED) is 0.292. The summed E-state index contributed by atoms with van der Waals surface area (Å²) in [5.74, 6) is 1.15. The van der Waals surface area contributed by atoms with Crippen LogP contribution in [0.5, 0.6) is 5.75 Å². The third-order valence-electron chi connectivity index (χ3n) is 5.83. The highest BCUT2D eigenvalue weighted by molar-refractivity contribution is 9.10. The predicted molar refractivity (Wildman–Crippen MR) is 138 cm³/mol. The molecule has 2 N–H and O–H groups in total. The Morgan fingerprint density at radius 2 is 1.91 bits per heavy atom. The predicted octanol–water partition coefficient (Wildman–Crippen LogP) is 5.89. The van der Waals surface area contributed by atoms with Gasteiger partial charge < -0.3 is 15.3 Å². The van der Waals surface area contributed by atoms with E-state index < -0.39 is 0 Å². The van der Waals surface area contributed by atoms with Crippen molar-refractivity contribution in [2.24, 2.45) is 0 Å². The third kappa shape index (κ3) is 4.73. The maximum Gasteiger partial charge on any atom is 0.172 e. The topological polar surface area (TPSA) is 65.7 Å². The normalized spacial score (nSPS) is 11.0. The van der Waals surface area contributed by atoms with E-state index in [0.717, 1.165) is 63.5 Å². The van der Waals surface area contributed by atoms with Gasteiger partial charge in [-0.3, -0.25) is 0 Å². The summed E-state index contributed by atoms with van der Waals surface area (Å²) in [7, 11) is 2.00. The molecule has 0 saturated carbocycles. The van der Waals surface area contributed by atoms with Gasteiger partial charge in [0.05, 0.1) is 16.4 Å². The van der Waals surface area contributed by atoms with Crippen LogP contribution in [-0.2, 0) is 0 Å². The average Bonchev–Trinajstić information content (AvgIpc) is 3.17. The van der Waals surface area contributed by atoms with E-state index in [1.807, 2.05) is 48.8 Å². The number of nitrogens with one attached hydrogen (secondary N) is 1. The number of anilines is 1. The highest BCUT2D eigenvalue weighted by atomic mass is 79.9. The summed E-state index contributed by atoms with van der Waals surface area (Å²) in [5.41, 5.74) is 6.59. The van der Waals surface area contributed by atoms with Gasteiger partial charge in [0.25, 0.3) is 0 Å². The smallest absolute Gasteiger partial charge is 0.172 e. The summed E-state index contributed by atoms with van der Waals surface area (Å²) in [5, 5.41) is 18.2. The monoisotopic (exact) mass is 505 g/mol. The lowest BCUT2D eigenvalue weighted by Gasteiger charge is -2.24. The second-order valence-electron chi connectivity index (χ2n) is 8.19. The number of hydrogen-bond acceptors (Lipinski definition) is 5. The second kappa shape index (κ2) is 9.67. The van der Waals surface area contributed by atoms with Gasteiger partial charge in [0.1, 0.15) is 11.6 Å². The Bertz CT molecular complexity index is 1290. The van der Waals surface area contributed by atoms with Crippen molar-refractivity contribution in [1.82, 2.24) is 19.5 Å². The fourth-order valence-electron chi connectivity index (χ4n) is 3.95. The van der Waals surface area contributed by atoms with E-state index in [4.69, 9.17) is 4.98 Å². The standard InChI is InChI=1S/C26H28BrN5O/c1-17-9-5-6-11-20(17)22-15-24(32-26(30-22)21(27)16-29-32)28-13-8-14-31(4)19(3)25-18(2)10-7-12-23(25)33/h5-7,9-12,15-16,28,33H,3,8,13-14H2,1-2,4H3. The number of nitrogens with zero attached hydrogens (tertiary/aromatic N) is 4. The molecule has 0 spiro atoms. The number of halogens is 1. The zero-order valence-corrected chi connectivity index (χ0v) is 20.7. The van der Waals surface area contributed by atoms with Gasteiger partial charge in [-0.15, -0.1) is 0 Å². The first kappa shape index (κ1) is 22.9. The minimum Gasteiger partial charge on any atom is -0.507 e. The number of aromatic hydroxyl groups is 1. The summed E-state index contributed by atoms with van der Waals surface area (Å²) < 4.78 is 2.68. The lowest BCUT2D eigenvalue weighted by Crippen LogP contribution is -2.20. The van der Waals surface area contributed by atoms with Crippen LogP contribution in [-0.4, -0.2) is 44.7 Å². The van der Waals surface area contributed by atoms with Gasteiger partial charge in [-0.1, -0.05) is 43.0 Å². The number of rotatable bonds is 8. The van der Waals surface area contributed by atoms with Crippen molar-refractivity contribution in [1.29, 1.82) is 0 Å². The number of fused-ring (bicyclic) bond motifs is 1. The van der Waals surface area contributed by atoms with Crippen molar-refractivity contribution in [2.75, 3.05) is 25.5 Å². The Labute approximate surface area is 202 Å². The highest BCUT2D eigenvalue weighted by Crippen LogP contribution is 2.30. The molecule has 0 saturated heterocycles. The van der Waals surface area contributed by atoms with Crippen LogP contribution < -0.4 is 5.32 Å². The van der Waals surface area contributed by atoms with Crippen LogP contribution in [0.2, 0.25) is 0 Å². The summed E-state index contributed by atoms with van der Waals surface area (Å²) >= 11 is 3.57. The molecule has 2 aromatic heterocycles. The molecule has 0 aliphatic rings. The summed E-state index contributed by atoms with van der Waals surface area (Å²) in [6, 6.07) is 15.8. The van der Waals surface area contributed by atoms with E-state index in [-0.39, 0.29) is 5.75 Å². The first-order valence-corrected chi connectivity index (χ1v) is 11.7. The van der Waals surface area contributed by atoms with Gasteiger partial charge in [-0.25, -0.2) is 4.98 Å². The van der Waals surface area contributed by atoms with Crippen LogP contribution in [0, 0.1) is 13.8 Å². The molecule has 0 unspecified atom stereocenters. The molecule has 4 aromatic rings. The molecule has 4 rings (SSSR count). The zero-order valence-electron chi connectivity index (χ0n) is 19.1. The first-order valence-electron chi connectivity index (χ1n) is 10.9. The number of aryl methyl sites for hydroxylation is 2. The number of aromatic nitrogens is 3. The van der Waals surface area contributed by atoms with Gasteiger partial charge in [-0.2, -0.15) is 9.61 Å². The maximum atomic E-state index is 10.3. The Morgan fingerprint density at radius 3 is 2.67 bits per heavy atom. The van der Waals surface area contributed by atoms with E-state index >= 15 is 0 Å². The molecule has 0 aliphatic carbocycles. The minimum atomic E-state index is 0.261. The molecule has 6 nitrogen and oxygen atoms in total. The van der Waals surface area contributed by atoms with Crippen LogP contribution in [0.1, 0.15) is 23.1 Å². The molecule has 2 heterocycles. The summed E-state index contributed by atoms with van der Waals surface area (Å²) in [6.07, 6.45) is 2.65. The maximum absolute atomic E-state index is 10.3. The van der Waals surface area contributed by atoms with E-state index in [2.05, 4.69) is 56.9 Å². The largest absolute Gasteiger partial charge is 0.507 e. The van der Waals surface area contributed by atoms with Gasteiger partial charge in [0, 0.05) is 43.0 Å². The molecule has 0 fully saturated rings. The van der Waals surface area contributed by atoms with E-state index in [1.165, 1.54) is 5.56 Å². The fraction of sp³-hybridized carbons (Fsp3) is 0.231. The van der Waals surface area contributed by atoms with Crippen LogP contribution in [0.25, 0.3) is 22.6 Å². The van der Waals surface area contributed by atoms with Crippen LogP contribution in [0.4, 0.5) is 5.82 Å². The third-order valence-corrected chi connectivity index (χ3v) is 6.39. The number of phenolic OH excluding ortho intramolecular Hbond substituents is 1. The molecule has 0 radical (unpaired) electrons. The Hall–Kier alpha value is -3.32. The van der Waals surface area contributed by atoms with Crippen LogP contribution in [0.15, 0.2) is 65.8 Å². The lowest BCUT2D eigenvalue weighted by atomic mass is 10.0. The Morgan fingerprint density at radius 1 is 1.15 bits per heavy atom. The molecule has 0 atom stereocenters. The minimum absolute atomic E-state index is 0.261. The molecule has 7 heteroatoms. The van der Waals surface area contributed by atoms with Crippen molar-refractivity contribution in [2.45, 2.75) is 20.3 Å². The van der Waals surface area contributed by atoms with Crippen molar-refractivity contribution in [3.63, 3.8) is 0 Å². The van der Waals surface area contributed by atoms with Crippen molar-refractivity contribution >= 4 is 33.1 Å². The van der Waals surface area contributed by atoms with Crippen LogP contribution >= 0.6 is 15.9 Å².